The molecular formula is C22H20F2N2O4. The van der Waals surface area contributed by atoms with E-state index in [1.807, 2.05) is 6.07 Å². The molecule has 6 nitrogen and oxygen atoms in total. The van der Waals surface area contributed by atoms with E-state index in [1.165, 1.54) is 12.3 Å². The quantitative estimate of drug-likeness (QED) is 0.669. The summed E-state index contributed by atoms with van der Waals surface area (Å²) in [5, 5.41) is 2.53. The molecular weight excluding hydrogens is 394 g/mol. The van der Waals surface area contributed by atoms with E-state index in [2.05, 4.69) is 5.32 Å². The normalized spacial score (nSPS) is 15.5. The molecule has 0 aliphatic carbocycles. The summed E-state index contributed by atoms with van der Waals surface area (Å²) in [6, 6.07) is 9.02. The number of benzene rings is 2. The van der Waals surface area contributed by atoms with Gasteiger partial charge in [0.05, 0.1) is 26.2 Å². The number of furan rings is 1. The maximum Gasteiger partial charge on any atom is 0.322 e. The van der Waals surface area contributed by atoms with Crippen molar-refractivity contribution in [1.29, 1.82) is 0 Å². The monoisotopic (exact) mass is 414 g/mol. The van der Waals surface area contributed by atoms with Crippen molar-refractivity contribution in [2.45, 2.75) is 12.5 Å². The van der Waals surface area contributed by atoms with Crippen molar-refractivity contribution in [2.24, 2.45) is 0 Å². The second-order valence-electron chi connectivity index (χ2n) is 6.82. The van der Waals surface area contributed by atoms with Gasteiger partial charge in [-0.15, -0.1) is 0 Å². The highest BCUT2D eigenvalue weighted by Crippen LogP contribution is 2.43. The highest BCUT2D eigenvalue weighted by Gasteiger charge is 2.37. The number of fused-ring (bicyclic) bond motifs is 1. The van der Waals surface area contributed by atoms with Crippen molar-refractivity contribution >= 4 is 11.7 Å². The number of carbonyl (C=O) groups excluding carboxylic acids is 1. The Hall–Kier alpha value is -3.55. The van der Waals surface area contributed by atoms with E-state index in [-0.39, 0.29) is 5.69 Å². The minimum atomic E-state index is -0.849. The van der Waals surface area contributed by atoms with Gasteiger partial charge >= 0.3 is 6.03 Å². The van der Waals surface area contributed by atoms with Gasteiger partial charge in [0.2, 0.25) is 0 Å². The van der Waals surface area contributed by atoms with Crippen LogP contribution in [-0.4, -0.2) is 31.7 Å². The molecule has 0 saturated carbocycles. The number of amides is 2. The summed E-state index contributed by atoms with van der Waals surface area (Å²) in [6.45, 7) is 0.351. The average molecular weight is 414 g/mol. The van der Waals surface area contributed by atoms with Crippen molar-refractivity contribution in [3.8, 4) is 11.5 Å². The molecule has 1 atom stereocenters. The molecule has 1 aliphatic heterocycles. The lowest BCUT2D eigenvalue weighted by Crippen LogP contribution is -2.43. The Morgan fingerprint density at radius 2 is 2.00 bits per heavy atom. The molecule has 0 bridgehead atoms. The van der Waals surface area contributed by atoms with E-state index in [4.69, 9.17) is 13.9 Å². The summed E-state index contributed by atoms with van der Waals surface area (Å²) in [6.07, 6.45) is 2.06. The van der Waals surface area contributed by atoms with Gasteiger partial charge in [0, 0.05) is 24.2 Å². The van der Waals surface area contributed by atoms with Crippen LogP contribution in [0, 0.1) is 11.6 Å². The number of nitrogens with zero attached hydrogens (tertiary/aromatic N) is 1. The summed E-state index contributed by atoms with van der Waals surface area (Å²) < 4.78 is 43.8. The molecule has 0 saturated heterocycles. The van der Waals surface area contributed by atoms with Crippen LogP contribution in [0.3, 0.4) is 0 Å². The van der Waals surface area contributed by atoms with Crippen molar-refractivity contribution in [3.05, 3.63) is 77.2 Å². The molecule has 1 aliphatic rings. The van der Waals surface area contributed by atoms with Crippen molar-refractivity contribution < 1.29 is 27.5 Å². The fraction of sp³-hybridized carbons (Fsp3) is 0.227. The number of urea groups is 1. The third-order valence-corrected chi connectivity index (χ3v) is 5.11. The van der Waals surface area contributed by atoms with Gasteiger partial charge in [0.15, 0.2) is 0 Å². The number of anilines is 1. The molecule has 0 fully saturated rings. The van der Waals surface area contributed by atoms with Crippen LogP contribution in [-0.2, 0) is 6.42 Å². The standard InChI is InChI=1S/C22H20F2N2O4/c1-28-15-10-13-7-8-26(22(27)25-17-6-5-14(23)11-16(17)24)21(18-4-3-9-30-18)20(13)19(12-15)29-2/h3-6,9-12,21H,7-8H2,1-2H3,(H,25,27). The predicted molar refractivity (Wildman–Crippen MR) is 106 cm³/mol. The van der Waals surface area contributed by atoms with Crippen LogP contribution in [0.15, 0.2) is 53.1 Å². The summed E-state index contributed by atoms with van der Waals surface area (Å²) >= 11 is 0. The fourth-order valence-electron chi connectivity index (χ4n) is 3.73. The topological polar surface area (TPSA) is 63.9 Å². The molecule has 0 spiro atoms. The SMILES string of the molecule is COc1cc2c(c(OC)c1)C(c1ccco1)N(C(=O)Nc1ccc(F)cc1F)CC2. The van der Waals surface area contributed by atoms with Crippen LogP contribution in [0.1, 0.15) is 22.9 Å². The van der Waals surface area contributed by atoms with Crippen LogP contribution in [0.2, 0.25) is 0 Å². The molecule has 156 valence electrons. The minimum Gasteiger partial charge on any atom is -0.497 e. The number of hydrogen-bond donors (Lipinski definition) is 1. The van der Waals surface area contributed by atoms with Gasteiger partial charge < -0.3 is 24.1 Å². The van der Waals surface area contributed by atoms with Gasteiger partial charge in [0.25, 0.3) is 0 Å². The summed E-state index contributed by atoms with van der Waals surface area (Å²) in [5.74, 6) is 0.169. The Bertz CT molecular complexity index is 1050. The van der Waals surface area contributed by atoms with Gasteiger partial charge in [-0.2, -0.15) is 0 Å². The van der Waals surface area contributed by atoms with E-state index >= 15 is 0 Å². The summed E-state index contributed by atoms with van der Waals surface area (Å²) in [4.78, 5) is 14.6. The van der Waals surface area contributed by atoms with E-state index in [0.29, 0.717) is 30.2 Å². The van der Waals surface area contributed by atoms with Gasteiger partial charge in [-0.25, -0.2) is 13.6 Å². The Labute approximate surface area is 172 Å². The second-order valence-corrected chi connectivity index (χ2v) is 6.82. The van der Waals surface area contributed by atoms with Gasteiger partial charge in [0.1, 0.15) is 34.9 Å². The Balaban J connectivity index is 1.75. The van der Waals surface area contributed by atoms with Crippen molar-refractivity contribution in [3.63, 3.8) is 0 Å². The van der Waals surface area contributed by atoms with Crippen LogP contribution < -0.4 is 14.8 Å². The van der Waals surface area contributed by atoms with Crippen LogP contribution in [0.5, 0.6) is 11.5 Å². The lowest BCUT2D eigenvalue weighted by Gasteiger charge is -2.37. The average Bonchev–Trinajstić information content (AvgIpc) is 3.28. The number of rotatable bonds is 4. The first-order chi connectivity index (χ1) is 14.5. The fourth-order valence-corrected chi connectivity index (χ4v) is 3.73. The lowest BCUT2D eigenvalue weighted by atomic mass is 9.90. The molecule has 30 heavy (non-hydrogen) atoms. The Kier molecular flexibility index (Phi) is 5.31. The van der Waals surface area contributed by atoms with Crippen molar-refractivity contribution in [2.75, 3.05) is 26.1 Å². The molecule has 1 unspecified atom stereocenters. The van der Waals surface area contributed by atoms with E-state index < -0.39 is 23.7 Å². The van der Waals surface area contributed by atoms with E-state index in [1.54, 1.807) is 37.3 Å². The predicted octanol–water partition coefficient (Wildman–Crippen LogP) is 4.75. The molecule has 2 heterocycles. The number of carbonyl (C=O) groups is 1. The molecule has 2 aromatic carbocycles. The number of ether oxygens (including phenoxy) is 2. The third-order valence-electron chi connectivity index (χ3n) is 5.11. The second kappa shape index (κ2) is 8.06. The minimum absolute atomic E-state index is 0.105. The molecule has 1 aromatic heterocycles. The first-order valence-electron chi connectivity index (χ1n) is 9.32. The van der Waals surface area contributed by atoms with Gasteiger partial charge in [-0.05, 0) is 42.3 Å². The van der Waals surface area contributed by atoms with E-state index in [0.717, 1.165) is 23.3 Å². The first kappa shape index (κ1) is 19.8. The molecule has 4 rings (SSSR count). The zero-order valence-electron chi connectivity index (χ0n) is 16.4. The number of nitrogens with one attached hydrogen (secondary N) is 1. The highest BCUT2D eigenvalue weighted by molar-refractivity contribution is 5.90. The van der Waals surface area contributed by atoms with Crippen molar-refractivity contribution in [1.82, 2.24) is 4.90 Å². The summed E-state index contributed by atoms with van der Waals surface area (Å²) in [7, 11) is 3.12. The van der Waals surface area contributed by atoms with Crippen LogP contribution in [0.25, 0.3) is 0 Å². The molecule has 0 radical (unpaired) electrons. The number of halogens is 2. The zero-order chi connectivity index (χ0) is 21.3. The molecule has 3 aromatic rings. The van der Waals surface area contributed by atoms with Gasteiger partial charge in [-0.3, -0.25) is 0 Å². The number of hydrogen-bond acceptors (Lipinski definition) is 4. The highest BCUT2D eigenvalue weighted by atomic mass is 19.1. The third kappa shape index (κ3) is 3.56. The molecule has 8 heteroatoms. The maximum atomic E-state index is 14.1. The maximum absolute atomic E-state index is 14.1. The smallest absolute Gasteiger partial charge is 0.322 e. The largest absolute Gasteiger partial charge is 0.497 e. The number of methoxy groups -OCH3 is 2. The van der Waals surface area contributed by atoms with Crippen LogP contribution in [0.4, 0.5) is 19.3 Å². The molecule has 2 amide bonds. The zero-order valence-corrected chi connectivity index (χ0v) is 16.4. The first-order valence-corrected chi connectivity index (χ1v) is 9.32. The summed E-state index contributed by atoms with van der Waals surface area (Å²) in [5.41, 5.74) is 1.63. The lowest BCUT2D eigenvalue weighted by molar-refractivity contribution is 0.183. The van der Waals surface area contributed by atoms with E-state index in [9.17, 15) is 13.6 Å². The van der Waals surface area contributed by atoms with Gasteiger partial charge in [-0.1, -0.05) is 0 Å². The van der Waals surface area contributed by atoms with Crippen LogP contribution >= 0.6 is 0 Å². The Morgan fingerprint density at radius 3 is 2.67 bits per heavy atom. The Morgan fingerprint density at radius 1 is 1.17 bits per heavy atom. The molecule has 1 N–H and O–H groups in total.